The molecule has 3 aromatic carbocycles. The third-order valence-electron chi connectivity index (χ3n) is 3.15. The van der Waals surface area contributed by atoms with E-state index in [-0.39, 0.29) is 5.82 Å². The summed E-state index contributed by atoms with van der Waals surface area (Å²) in [5.74, 6) is -0.252. The quantitative estimate of drug-likeness (QED) is 0.442. The van der Waals surface area contributed by atoms with Crippen molar-refractivity contribution in [2.24, 2.45) is 0 Å². The minimum Gasteiger partial charge on any atom is -0.207 e. The molecular weight excluding hydrogens is 318 g/mol. The van der Waals surface area contributed by atoms with Crippen LogP contribution in [0.3, 0.4) is 0 Å². The van der Waals surface area contributed by atoms with Gasteiger partial charge in [-0.15, -0.1) is 0 Å². The molecule has 0 N–H and O–H groups in total. The lowest BCUT2D eigenvalue weighted by Crippen LogP contribution is -1.83. The van der Waals surface area contributed by atoms with E-state index in [9.17, 15) is 4.39 Å². The normalized spacial score (nSPS) is 11.0. The van der Waals surface area contributed by atoms with Crippen molar-refractivity contribution < 1.29 is 4.39 Å². The Balaban J connectivity index is 2.20. The molecule has 0 radical (unpaired) electrons. The Kier molecular flexibility index (Phi) is 3.59. The molecule has 0 aliphatic carbocycles. The molecule has 0 heterocycles. The third kappa shape index (κ3) is 2.37. The van der Waals surface area contributed by atoms with Crippen LogP contribution in [0.15, 0.2) is 48.5 Å². The fourth-order valence-corrected chi connectivity index (χ4v) is 2.78. The summed E-state index contributed by atoms with van der Waals surface area (Å²) >= 11 is 18.2. The van der Waals surface area contributed by atoms with Crippen molar-refractivity contribution in [1.29, 1.82) is 0 Å². The van der Waals surface area contributed by atoms with Gasteiger partial charge >= 0.3 is 0 Å². The molecule has 0 saturated heterocycles. The maximum Gasteiger partial charge on any atom is 0.123 e. The van der Waals surface area contributed by atoms with Gasteiger partial charge in [0, 0.05) is 5.56 Å². The highest BCUT2D eigenvalue weighted by Gasteiger charge is 2.10. The number of rotatable bonds is 1. The van der Waals surface area contributed by atoms with Gasteiger partial charge in [0.05, 0.1) is 15.1 Å². The van der Waals surface area contributed by atoms with Crippen LogP contribution in [0, 0.1) is 5.82 Å². The topological polar surface area (TPSA) is 0 Å². The molecule has 0 saturated carbocycles. The second-order valence-corrected chi connectivity index (χ2v) is 5.59. The predicted octanol–water partition coefficient (Wildman–Crippen LogP) is 6.61. The predicted molar refractivity (Wildman–Crippen MR) is 84.4 cm³/mol. The molecule has 0 spiro atoms. The van der Waals surface area contributed by atoms with Crippen molar-refractivity contribution in [2.75, 3.05) is 0 Å². The minimum absolute atomic E-state index is 0.252. The van der Waals surface area contributed by atoms with Crippen LogP contribution < -0.4 is 0 Å². The summed E-state index contributed by atoms with van der Waals surface area (Å²) in [6, 6.07) is 13.9. The molecule has 4 heteroatoms. The third-order valence-corrected chi connectivity index (χ3v) is 4.44. The number of hydrogen-bond acceptors (Lipinski definition) is 0. The maximum atomic E-state index is 13.2. The molecule has 0 unspecified atom stereocenters. The molecule has 20 heavy (non-hydrogen) atoms. The number of benzene rings is 3. The Labute approximate surface area is 130 Å². The van der Waals surface area contributed by atoms with Gasteiger partial charge in [0.25, 0.3) is 0 Å². The summed E-state index contributed by atoms with van der Waals surface area (Å²) in [6.45, 7) is 0. The molecule has 0 amide bonds. The fourth-order valence-electron chi connectivity index (χ4n) is 2.13. The zero-order chi connectivity index (χ0) is 14.3. The lowest BCUT2D eigenvalue weighted by Gasteiger charge is -2.09. The van der Waals surface area contributed by atoms with Gasteiger partial charge in [-0.3, -0.25) is 0 Å². The van der Waals surface area contributed by atoms with Gasteiger partial charge < -0.3 is 0 Å². The van der Waals surface area contributed by atoms with Gasteiger partial charge in [-0.2, -0.15) is 0 Å². The van der Waals surface area contributed by atoms with E-state index in [1.807, 2.05) is 24.3 Å². The molecule has 3 rings (SSSR count). The first-order valence-corrected chi connectivity index (χ1v) is 7.03. The summed E-state index contributed by atoms with van der Waals surface area (Å²) in [4.78, 5) is 0. The van der Waals surface area contributed by atoms with Crippen LogP contribution in [0.2, 0.25) is 15.1 Å². The van der Waals surface area contributed by atoms with Gasteiger partial charge in [0.1, 0.15) is 5.82 Å². The van der Waals surface area contributed by atoms with Crippen LogP contribution >= 0.6 is 34.8 Å². The number of halogens is 4. The van der Waals surface area contributed by atoms with Crippen LogP contribution in [0.25, 0.3) is 21.9 Å². The average Bonchev–Trinajstić information content (AvgIpc) is 2.44. The van der Waals surface area contributed by atoms with Crippen LogP contribution in [0.1, 0.15) is 0 Å². The summed E-state index contributed by atoms with van der Waals surface area (Å²) in [7, 11) is 0. The second kappa shape index (κ2) is 5.25. The van der Waals surface area contributed by atoms with Crippen LogP contribution in [-0.4, -0.2) is 0 Å². The lowest BCUT2D eigenvalue weighted by molar-refractivity contribution is 0.630. The van der Waals surface area contributed by atoms with Crippen LogP contribution in [-0.2, 0) is 0 Å². The minimum atomic E-state index is -0.252. The van der Waals surface area contributed by atoms with E-state index in [0.717, 1.165) is 21.9 Å². The lowest BCUT2D eigenvalue weighted by atomic mass is 10.0. The van der Waals surface area contributed by atoms with Crippen molar-refractivity contribution in [3.8, 4) is 11.1 Å². The first-order valence-electron chi connectivity index (χ1n) is 5.89. The molecule has 0 aromatic heterocycles. The number of fused-ring (bicyclic) bond motifs is 1. The Morgan fingerprint density at radius 3 is 2.20 bits per heavy atom. The van der Waals surface area contributed by atoms with E-state index < -0.39 is 0 Å². The first-order chi connectivity index (χ1) is 9.56. The molecule has 0 aliphatic heterocycles. The highest BCUT2D eigenvalue weighted by atomic mass is 35.5. The summed E-state index contributed by atoms with van der Waals surface area (Å²) in [5, 5.41) is 2.95. The van der Waals surface area contributed by atoms with Gasteiger partial charge in [0.15, 0.2) is 0 Å². The van der Waals surface area contributed by atoms with E-state index in [4.69, 9.17) is 34.8 Å². The fraction of sp³-hybridized carbons (Fsp3) is 0. The van der Waals surface area contributed by atoms with Gasteiger partial charge in [-0.05, 0) is 40.6 Å². The molecule has 0 nitrogen and oxygen atoms in total. The van der Waals surface area contributed by atoms with Crippen molar-refractivity contribution >= 4 is 45.6 Å². The average molecular weight is 326 g/mol. The van der Waals surface area contributed by atoms with E-state index in [1.165, 1.54) is 12.1 Å². The van der Waals surface area contributed by atoms with E-state index in [0.29, 0.717) is 15.1 Å². The SMILES string of the molecule is Fc1ccc2cc(-c3ccc(Cl)c(Cl)c3Cl)ccc2c1. The number of hydrogen-bond donors (Lipinski definition) is 0. The Morgan fingerprint density at radius 2 is 1.40 bits per heavy atom. The maximum absolute atomic E-state index is 13.2. The van der Waals surface area contributed by atoms with Crippen LogP contribution in [0.5, 0.6) is 0 Å². The Hall–Kier alpha value is -1.28. The van der Waals surface area contributed by atoms with Crippen molar-refractivity contribution in [2.45, 2.75) is 0 Å². The molecule has 100 valence electrons. The molecular formula is C16H8Cl3F. The van der Waals surface area contributed by atoms with Gasteiger partial charge in [0.2, 0.25) is 0 Å². The first kappa shape index (κ1) is 13.7. The van der Waals surface area contributed by atoms with E-state index in [1.54, 1.807) is 12.1 Å². The second-order valence-electron chi connectivity index (χ2n) is 4.43. The van der Waals surface area contributed by atoms with Gasteiger partial charge in [-0.1, -0.05) is 59.1 Å². The smallest absolute Gasteiger partial charge is 0.123 e. The molecule has 0 fully saturated rings. The van der Waals surface area contributed by atoms with E-state index in [2.05, 4.69) is 0 Å². The van der Waals surface area contributed by atoms with Crippen molar-refractivity contribution in [3.63, 3.8) is 0 Å². The molecule has 0 aliphatic rings. The zero-order valence-corrected chi connectivity index (χ0v) is 12.4. The summed E-state index contributed by atoms with van der Waals surface area (Å²) < 4.78 is 13.2. The Bertz CT molecular complexity index is 812. The Morgan fingerprint density at radius 1 is 0.700 bits per heavy atom. The van der Waals surface area contributed by atoms with Crippen molar-refractivity contribution in [1.82, 2.24) is 0 Å². The molecule has 0 atom stereocenters. The highest BCUT2D eigenvalue weighted by Crippen LogP contribution is 2.38. The summed E-state index contributed by atoms with van der Waals surface area (Å²) in [6.07, 6.45) is 0. The zero-order valence-electron chi connectivity index (χ0n) is 10.1. The monoisotopic (exact) mass is 324 g/mol. The van der Waals surface area contributed by atoms with Crippen LogP contribution in [0.4, 0.5) is 4.39 Å². The standard InChI is InChI=1S/C16H8Cl3F/c17-14-6-5-13(15(18)16(14)19)11-2-1-10-8-12(20)4-3-9(10)7-11/h1-8H. The summed E-state index contributed by atoms with van der Waals surface area (Å²) in [5.41, 5.74) is 1.71. The molecule has 0 bridgehead atoms. The van der Waals surface area contributed by atoms with Gasteiger partial charge in [-0.25, -0.2) is 4.39 Å². The van der Waals surface area contributed by atoms with Crippen molar-refractivity contribution in [3.05, 3.63) is 69.4 Å². The largest absolute Gasteiger partial charge is 0.207 e. The molecule has 3 aromatic rings. The highest BCUT2D eigenvalue weighted by molar-refractivity contribution is 6.49. The van der Waals surface area contributed by atoms with E-state index >= 15 is 0 Å².